The van der Waals surface area contributed by atoms with E-state index in [1.165, 1.54) is 0 Å². The fourth-order valence-electron chi connectivity index (χ4n) is 9.00. The summed E-state index contributed by atoms with van der Waals surface area (Å²) in [5.74, 6) is -2.31. The second-order valence-corrected chi connectivity index (χ2v) is 21.5. The summed E-state index contributed by atoms with van der Waals surface area (Å²) in [7, 11) is 0. The molecule has 3 atom stereocenters. The molecular formula is C56H54Cl5N7O7S. The van der Waals surface area contributed by atoms with Gasteiger partial charge in [-0.15, -0.1) is 21.5 Å². The number of primary amides is 1. The molecule has 76 heavy (non-hydrogen) atoms. The molecule has 8 rings (SSSR count). The van der Waals surface area contributed by atoms with Crippen LogP contribution in [0.3, 0.4) is 0 Å². The number of thiophene rings is 1. The number of halogens is 5. The van der Waals surface area contributed by atoms with Crippen molar-refractivity contribution < 1.29 is 33.4 Å². The Bertz CT molecular complexity index is 3140. The van der Waals surface area contributed by atoms with Crippen molar-refractivity contribution in [2.24, 2.45) is 22.6 Å². The maximum atomic E-state index is 14.9. The SMILES string of the molecule is Cc1sc2c(c1C)C(c1ccc(Cl)cc1)=N[C@@H](CC(=O)NCCOCCOCCOCC(C(N)=O)[C@H](Cc1ccccc1)C(=O)N1C/C(=C\c3ccc(Cl)c(Cl)c3)C(=O)/C(=C/c3ccc(Cl)c(Cl)c3)C1)c1nnc(C)n1-2. The minimum Gasteiger partial charge on any atom is -0.378 e. The molecule has 4 aromatic carbocycles. The van der Waals surface area contributed by atoms with E-state index in [-0.39, 0.29) is 83.8 Å². The number of benzene rings is 4. The van der Waals surface area contributed by atoms with Gasteiger partial charge in [-0.3, -0.25) is 28.7 Å². The lowest BCUT2D eigenvalue weighted by Gasteiger charge is -2.35. The van der Waals surface area contributed by atoms with Crippen LogP contribution in [0.25, 0.3) is 17.2 Å². The van der Waals surface area contributed by atoms with Crippen LogP contribution in [0.15, 0.2) is 107 Å². The molecule has 14 nitrogen and oxygen atoms in total. The topological polar surface area (TPSA) is 180 Å². The quantitative estimate of drug-likeness (QED) is 0.0524. The van der Waals surface area contributed by atoms with Crippen molar-refractivity contribution in [3.63, 3.8) is 0 Å². The predicted molar refractivity (Wildman–Crippen MR) is 300 cm³/mol. The van der Waals surface area contributed by atoms with Gasteiger partial charge in [-0.25, -0.2) is 0 Å². The summed E-state index contributed by atoms with van der Waals surface area (Å²) in [6, 6.07) is 26.2. The Hall–Kier alpha value is -5.72. The van der Waals surface area contributed by atoms with E-state index in [0.29, 0.717) is 59.0 Å². The molecule has 3 N–H and O–H groups in total. The van der Waals surface area contributed by atoms with Crippen molar-refractivity contribution in [3.8, 4) is 5.00 Å². The summed E-state index contributed by atoms with van der Waals surface area (Å²) in [4.78, 5) is 63.5. The van der Waals surface area contributed by atoms with Crippen molar-refractivity contribution in [2.45, 2.75) is 39.7 Å². The first-order chi connectivity index (χ1) is 36.6. The second kappa shape index (κ2) is 26.1. The van der Waals surface area contributed by atoms with Crippen molar-refractivity contribution >= 4 is 111 Å². The van der Waals surface area contributed by atoms with Gasteiger partial charge in [-0.05, 0) is 98.0 Å². The molecule has 1 saturated heterocycles. The summed E-state index contributed by atoms with van der Waals surface area (Å²) in [5.41, 5.74) is 12.4. The largest absolute Gasteiger partial charge is 0.378 e. The van der Waals surface area contributed by atoms with E-state index in [4.69, 9.17) is 82.9 Å². The molecule has 396 valence electrons. The fourth-order valence-corrected chi connectivity index (χ4v) is 10.9. The molecule has 20 heteroatoms. The molecule has 2 aliphatic rings. The van der Waals surface area contributed by atoms with Gasteiger partial charge in [0.2, 0.25) is 17.7 Å². The van der Waals surface area contributed by atoms with E-state index in [0.717, 1.165) is 37.8 Å². The third kappa shape index (κ3) is 13.9. The molecule has 0 bridgehead atoms. The second-order valence-electron chi connectivity index (χ2n) is 18.3. The number of amides is 3. The molecule has 6 aromatic rings. The van der Waals surface area contributed by atoms with Crippen molar-refractivity contribution in [1.29, 1.82) is 0 Å². The third-order valence-corrected chi connectivity index (χ3v) is 15.9. The number of ether oxygens (including phenoxy) is 3. The van der Waals surface area contributed by atoms with E-state index in [2.05, 4.69) is 29.4 Å². The van der Waals surface area contributed by atoms with Crippen molar-refractivity contribution in [3.05, 3.63) is 177 Å². The Morgan fingerprint density at radius 3 is 1.97 bits per heavy atom. The number of Topliss-reactive ketones (excluding diaryl/α,β-unsaturated/α-hetero) is 1. The van der Waals surface area contributed by atoms with Gasteiger partial charge in [0.15, 0.2) is 11.6 Å². The average molecular weight is 1150 g/mol. The van der Waals surface area contributed by atoms with E-state index in [1.54, 1.807) is 64.8 Å². The highest BCUT2D eigenvalue weighted by atomic mass is 35.5. The molecule has 0 spiro atoms. The minimum absolute atomic E-state index is 0.0429. The van der Waals surface area contributed by atoms with Crippen LogP contribution in [0.1, 0.15) is 62.4 Å². The van der Waals surface area contributed by atoms with Crippen molar-refractivity contribution in [2.75, 3.05) is 59.3 Å². The van der Waals surface area contributed by atoms with Gasteiger partial charge in [0, 0.05) is 51.8 Å². The summed E-state index contributed by atoms with van der Waals surface area (Å²) >= 11 is 33.0. The number of ketones is 1. The van der Waals surface area contributed by atoms with Crippen molar-refractivity contribution in [1.82, 2.24) is 25.0 Å². The summed E-state index contributed by atoms with van der Waals surface area (Å²) in [5, 5.41) is 14.7. The van der Waals surface area contributed by atoms with Gasteiger partial charge in [0.1, 0.15) is 16.9 Å². The lowest BCUT2D eigenvalue weighted by molar-refractivity contribution is -0.143. The molecule has 2 aromatic heterocycles. The number of nitrogens with one attached hydrogen (secondary N) is 1. The van der Waals surface area contributed by atoms with E-state index in [1.807, 2.05) is 66.1 Å². The van der Waals surface area contributed by atoms with Gasteiger partial charge in [-0.2, -0.15) is 0 Å². The maximum absolute atomic E-state index is 14.9. The first-order valence-electron chi connectivity index (χ1n) is 24.4. The van der Waals surface area contributed by atoms with E-state index < -0.39 is 29.7 Å². The molecule has 0 aliphatic carbocycles. The number of hydrogen-bond donors (Lipinski definition) is 2. The monoisotopic (exact) mass is 1140 g/mol. The number of nitrogens with two attached hydrogens (primary N) is 1. The lowest BCUT2D eigenvalue weighted by atomic mass is 9.84. The highest BCUT2D eigenvalue weighted by Crippen LogP contribution is 2.40. The maximum Gasteiger partial charge on any atom is 0.227 e. The Kier molecular flexibility index (Phi) is 19.4. The number of rotatable bonds is 21. The van der Waals surface area contributed by atoms with Gasteiger partial charge in [0.25, 0.3) is 0 Å². The molecule has 1 fully saturated rings. The fraction of sp³-hybridized carbons (Fsp3) is 0.304. The first-order valence-corrected chi connectivity index (χ1v) is 27.1. The number of hydrogen-bond acceptors (Lipinski definition) is 11. The van der Waals surface area contributed by atoms with Gasteiger partial charge < -0.3 is 30.2 Å². The number of likely N-dealkylation sites (tertiary alicyclic amines) is 1. The number of nitrogens with zero attached hydrogens (tertiary/aromatic N) is 5. The number of aryl methyl sites for hydroxylation is 2. The van der Waals surface area contributed by atoms with Crippen LogP contribution >= 0.6 is 69.3 Å². The van der Waals surface area contributed by atoms with Crippen LogP contribution in [-0.4, -0.2) is 108 Å². The number of aliphatic imine (C=N–C) groups is 1. The standard InChI is InChI=1S/C56H54Cl5N7O7S/c1-32-33(2)76-56-50(32)51(38-11-13-41(57)14-12-38)64-48(54-66-65-34(3)68(54)56)28-49(69)63-17-18-73-19-20-74-21-22-75-31-43(53(62)71)42(25-35-7-5-4-6-8-35)55(72)67-29-39(23-36-9-15-44(58)46(60)26-36)52(70)40(30-67)24-37-10-16-45(59)47(61)27-37/h4-16,23-24,26-27,42-43,48H,17-22,25,28-31H2,1-3H3,(H2,62,71)(H,63,69)/b39-23+,40-24+/t42-,43?,48-/m0/s1. The van der Waals surface area contributed by atoms with E-state index >= 15 is 0 Å². The number of carbonyl (C=O) groups excluding carboxylic acids is 4. The van der Waals surface area contributed by atoms with Crippen LogP contribution in [-0.2, 0) is 39.8 Å². The zero-order valence-corrected chi connectivity index (χ0v) is 46.4. The zero-order chi connectivity index (χ0) is 54.0. The zero-order valence-electron chi connectivity index (χ0n) is 41.8. The number of piperidine rings is 1. The Morgan fingerprint density at radius 2 is 1.37 bits per heavy atom. The van der Waals surface area contributed by atoms with Crippen LogP contribution in [0.5, 0.6) is 0 Å². The minimum atomic E-state index is -1.04. The molecule has 0 saturated carbocycles. The smallest absolute Gasteiger partial charge is 0.227 e. The molecule has 3 amide bonds. The molecule has 2 aliphatic heterocycles. The lowest BCUT2D eigenvalue weighted by Crippen LogP contribution is -2.49. The molecule has 0 radical (unpaired) electrons. The number of carbonyl (C=O) groups is 4. The average Bonchev–Trinajstić information content (AvgIpc) is 3.91. The van der Waals surface area contributed by atoms with Crippen LogP contribution in [0.4, 0.5) is 0 Å². The third-order valence-electron chi connectivity index (χ3n) is 13.0. The molecule has 1 unspecified atom stereocenters. The highest BCUT2D eigenvalue weighted by molar-refractivity contribution is 7.15. The Morgan fingerprint density at radius 1 is 0.763 bits per heavy atom. The normalized spacial score (nSPS) is 16.3. The van der Waals surface area contributed by atoms with Crippen LogP contribution in [0, 0.1) is 32.6 Å². The summed E-state index contributed by atoms with van der Waals surface area (Å²) in [6.07, 6.45) is 3.55. The number of aromatic nitrogens is 3. The Labute approximate surface area is 469 Å². The summed E-state index contributed by atoms with van der Waals surface area (Å²) in [6.45, 7) is 7.01. The van der Waals surface area contributed by atoms with Gasteiger partial charge >= 0.3 is 0 Å². The van der Waals surface area contributed by atoms with E-state index in [9.17, 15) is 19.2 Å². The van der Waals surface area contributed by atoms with Crippen LogP contribution in [0.2, 0.25) is 25.1 Å². The summed E-state index contributed by atoms with van der Waals surface area (Å²) < 4.78 is 19.5. The van der Waals surface area contributed by atoms with Gasteiger partial charge in [0.05, 0.1) is 83.7 Å². The molecule has 4 heterocycles. The van der Waals surface area contributed by atoms with Gasteiger partial charge in [-0.1, -0.05) is 113 Å². The Balaban J connectivity index is 0.846. The van der Waals surface area contributed by atoms with Crippen LogP contribution < -0.4 is 11.1 Å². The highest BCUT2D eigenvalue weighted by Gasteiger charge is 2.39. The first kappa shape index (κ1) is 56.5. The number of fused-ring (bicyclic) bond motifs is 3. The predicted octanol–water partition coefficient (Wildman–Crippen LogP) is 10.5. The molecular weight excluding hydrogens is 1090 g/mol.